The summed E-state index contributed by atoms with van der Waals surface area (Å²) in [5.74, 6) is 0.440. The van der Waals surface area contributed by atoms with Crippen molar-refractivity contribution in [3.8, 4) is 22.6 Å². The first-order chi connectivity index (χ1) is 14.0. The lowest BCUT2D eigenvalue weighted by atomic mass is 10.0. The number of ether oxygens (including phenoxy) is 2. The molecular formula is C23H18O5S. The van der Waals surface area contributed by atoms with Crippen LogP contribution in [0.1, 0.15) is 11.1 Å². The largest absolute Gasteiger partial charge is 0.482 e. The summed E-state index contributed by atoms with van der Waals surface area (Å²) in [4.78, 5) is 23.7. The normalized spacial score (nSPS) is 10.8. The summed E-state index contributed by atoms with van der Waals surface area (Å²) in [6, 6.07) is 18.6. The van der Waals surface area contributed by atoms with E-state index < -0.39 is 10.9 Å². The first-order valence-electron chi connectivity index (χ1n) is 9.03. The van der Waals surface area contributed by atoms with Gasteiger partial charge in [-0.15, -0.1) is 0 Å². The number of fused-ring (bicyclic) bond motifs is 1. The van der Waals surface area contributed by atoms with Gasteiger partial charge in [0, 0.05) is 11.6 Å². The van der Waals surface area contributed by atoms with Crippen LogP contribution in [0, 0.1) is 13.8 Å². The van der Waals surface area contributed by atoms with Crippen molar-refractivity contribution in [2.24, 2.45) is 0 Å². The zero-order chi connectivity index (χ0) is 20.4. The van der Waals surface area contributed by atoms with Gasteiger partial charge in [0.2, 0.25) is 0 Å². The van der Waals surface area contributed by atoms with E-state index in [9.17, 15) is 9.59 Å². The Morgan fingerprint density at radius 3 is 2.55 bits per heavy atom. The summed E-state index contributed by atoms with van der Waals surface area (Å²) in [6.07, 6.45) is 0. The van der Waals surface area contributed by atoms with Gasteiger partial charge in [0.15, 0.2) is 12.2 Å². The summed E-state index contributed by atoms with van der Waals surface area (Å²) < 4.78 is 17.0. The number of hydrogen-bond acceptors (Lipinski definition) is 6. The highest BCUT2D eigenvalue weighted by Crippen LogP contribution is 2.34. The lowest BCUT2D eigenvalue weighted by molar-refractivity contribution is -0.136. The van der Waals surface area contributed by atoms with Gasteiger partial charge in [0.1, 0.15) is 11.5 Å². The van der Waals surface area contributed by atoms with Crippen LogP contribution in [-0.4, -0.2) is 12.6 Å². The minimum Gasteiger partial charge on any atom is -0.482 e. The number of esters is 1. The third-order valence-electron chi connectivity index (χ3n) is 4.44. The smallest absolute Gasteiger partial charge is 0.396 e. The van der Waals surface area contributed by atoms with E-state index in [2.05, 4.69) is 0 Å². The van der Waals surface area contributed by atoms with Gasteiger partial charge >= 0.3 is 10.9 Å². The van der Waals surface area contributed by atoms with Gasteiger partial charge < -0.3 is 13.9 Å². The Morgan fingerprint density at radius 1 is 1.03 bits per heavy atom. The molecule has 146 valence electrons. The van der Waals surface area contributed by atoms with Crippen LogP contribution >= 0.6 is 11.3 Å². The maximum atomic E-state index is 12.3. The molecule has 0 N–H and O–H groups in total. The van der Waals surface area contributed by atoms with Crippen molar-refractivity contribution in [3.63, 3.8) is 0 Å². The third kappa shape index (κ3) is 4.22. The SMILES string of the molecule is Cc1ccc(-c2cc(OC(=O)COc3ccccc3C)cc3sc(=O)oc23)cc1. The highest BCUT2D eigenvalue weighted by atomic mass is 32.1. The number of carbonyl (C=O) groups excluding carboxylic acids is 1. The monoisotopic (exact) mass is 406 g/mol. The molecule has 0 spiro atoms. The second kappa shape index (κ2) is 7.93. The van der Waals surface area contributed by atoms with Crippen LogP contribution < -0.4 is 14.4 Å². The molecule has 0 aliphatic heterocycles. The lowest BCUT2D eigenvalue weighted by Gasteiger charge is -2.10. The molecule has 0 unspecified atom stereocenters. The number of aryl methyl sites for hydroxylation is 2. The van der Waals surface area contributed by atoms with Crippen molar-refractivity contribution >= 4 is 27.6 Å². The molecule has 0 aliphatic carbocycles. The van der Waals surface area contributed by atoms with Crippen LogP contribution in [0.2, 0.25) is 0 Å². The van der Waals surface area contributed by atoms with Crippen molar-refractivity contribution in [2.75, 3.05) is 6.61 Å². The number of rotatable bonds is 5. The van der Waals surface area contributed by atoms with Crippen molar-refractivity contribution in [1.82, 2.24) is 0 Å². The van der Waals surface area contributed by atoms with E-state index in [1.807, 2.05) is 56.3 Å². The van der Waals surface area contributed by atoms with Crippen LogP contribution in [0.5, 0.6) is 11.5 Å². The molecule has 1 heterocycles. The molecule has 3 aromatic carbocycles. The fourth-order valence-corrected chi connectivity index (χ4v) is 3.70. The minimum absolute atomic E-state index is 0.218. The molecule has 0 bridgehead atoms. The molecule has 0 saturated carbocycles. The fraction of sp³-hybridized carbons (Fsp3) is 0.130. The number of benzene rings is 3. The predicted molar refractivity (Wildman–Crippen MR) is 113 cm³/mol. The average molecular weight is 406 g/mol. The molecule has 4 aromatic rings. The van der Waals surface area contributed by atoms with Crippen LogP contribution in [0.25, 0.3) is 21.4 Å². The van der Waals surface area contributed by atoms with E-state index in [0.717, 1.165) is 28.0 Å². The van der Waals surface area contributed by atoms with Crippen molar-refractivity contribution in [2.45, 2.75) is 13.8 Å². The molecule has 1 aromatic heterocycles. The van der Waals surface area contributed by atoms with Gasteiger partial charge in [-0.3, -0.25) is 0 Å². The Kier molecular flexibility index (Phi) is 5.18. The molecule has 4 rings (SSSR count). The molecule has 0 fully saturated rings. The average Bonchev–Trinajstić information content (AvgIpc) is 3.07. The molecule has 29 heavy (non-hydrogen) atoms. The Labute approximate surface area is 171 Å². The van der Waals surface area contributed by atoms with Crippen molar-refractivity contribution < 1.29 is 18.7 Å². The van der Waals surface area contributed by atoms with Crippen molar-refractivity contribution in [1.29, 1.82) is 0 Å². The maximum absolute atomic E-state index is 12.3. The Balaban J connectivity index is 1.60. The Bertz CT molecular complexity index is 1230. The molecule has 0 atom stereocenters. The first kappa shape index (κ1) is 19.0. The molecule has 0 amide bonds. The van der Waals surface area contributed by atoms with E-state index in [-0.39, 0.29) is 6.61 Å². The fourth-order valence-electron chi connectivity index (χ4n) is 2.97. The van der Waals surface area contributed by atoms with Gasteiger partial charge in [0.05, 0.1) is 4.70 Å². The Hall–Kier alpha value is -3.38. The quantitative estimate of drug-likeness (QED) is 0.340. The highest BCUT2D eigenvalue weighted by Gasteiger charge is 2.15. The summed E-state index contributed by atoms with van der Waals surface area (Å²) in [5, 5.41) is 0. The standard InChI is InChI=1S/C23H18O5S/c1-14-7-9-16(10-8-14)18-11-17(12-20-22(18)28-23(25)29-20)27-21(24)13-26-19-6-4-3-5-15(19)2/h3-12H,13H2,1-2H3. The minimum atomic E-state index is -0.529. The summed E-state index contributed by atoms with van der Waals surface area (Å²) in [7, 11) is 0. The van der Waals surface area contributed by atoms with E-state index in [4.69, 9.17) is 13.9 Å². The number of carbonyl (C=O) groups is 1. The second-order valence-corrected chi connectivity index (χ2v) is 7.62. The molecular weight excluding hydrogens is 388 g/mol. The van der Waals surface area contributed by atoms with Gasteiger partial charge in [-0.2, -0.15) is 0 Å². The second-order valence-electron chi connectivity index (χ2n) is 6.65. The molecule has 0 aliphatic rings. The van der Waals surface area contributed by atoms with Crippen LogP contribution in [0.15, 0.2) is 69.9 Å². The highest BCUT2D eigenvalue weighted by molar-refractivity contribution is 7.16. The maximum Gasteiger partial charge on any atom is 0.396 e. The van der Waals surface area contributed by atoms with Crippen molar-refractivity contribution in [3.05, 3.63) is 81.5 Å². The summed E-state index contributed by atoms with van der Waals surface area (Å²) >= 11 is 0.973. The third-order valence-corrected chi connectivity index (χ3v) is 5.21. The number of hydrogen-bond donors (Lipinski definition) is 0. The van der Waals surface area contributed by atoms with Crippen LogP contribution in [0.3, 0.4) is 0 Å². The zero-order valence-corrected chi connectivity index (χ0v) is 16.7. The van der Waals surface area contributed by atoms with Gasteiger partial charge in [-0.25, -0.2) is 9.59 Å². The number of para-hydroxylation sites is 1. The topological polar surface area (TPSA) is 65.7 Å². The van der Waals surface area contributed by atoms with Crippen LogP contribution in [0.4, 0.5) is 0 Å². The zero-order valence-electron chi connectivity index (χ0n) is 15.9. The predicted octanol–water partition coefficient (Wildman–Crippen LogP) is 5.12. The van der Waals surface area contributed by atoms with Gasteiger partial charge in [0.25, 0.3) is 0 Å². The molecule has 0 radical (unpaired) electrons. The molecule has 6 heteroatoms. The molecule has 5 nitrogen and oxygen atoms in total. The van der Waals surface area contributed by atoms with E-state index in [1.54, 1.807) is 18.2 Å². The van der Waals surface area contributed by atoms with E-state index >= 15 is 0 Å². The first-order valence-corrected chi connectivity index (χ1v) is 9.85. The summed E-state index contributed by atoms with van der Waals surface area (Å²) in [5.41, 5.74) is 4.11. The van der Waals surface area contributed by atoms with Crippen LogP contribution in [-0.2, 0) is 4.79 Å². The van der Waals surface area contributed by atoms with Gasteiger partial charge in [-0.05, 0) is 37.1 Å². The van der Waals surface area contributed by atoms with E-state index in [1.165, 1.54) is 0 Å². The van der Waals surface area contributed by atoms with Gasteiger partial charge in [-0.1, -0.05) is 59.4 Å². The Morgan fingerprint density at radius 2 is 1.79 bits per heavy atom. The summed E-state index contributed by atoms with van der Waals surface area (Å²) in [6.45, 7) is 3.68. The van der Waals surface area contributed by atoms with E-state index in [0.29, 0.717) is 27.3 Å². The molecule has 0 saturated heterocycles. The lowest BCUT2D eigenvalue weighted by Crippen LogP contribution is -2.18.